The lowest BCUT2D eigenvalue weighted by Gasteiger charge is -2.09. The minimum atomic E-state index is 0.411. The van der Waals surface area contributed by atoms with Gasteiger partial charge in [-0.25, -0.2) is 0 Å². The van der Waals surface area contributed by atoms with Gasteiger partial charge in [0, 0.05) is 11.4 Å². The number of ether oxygens (including phenoxy) is 1. The fourth-order valence-corrected chi connectivity index (χ4v) is 1.96. The number of thiocarbonyl (C=S) groups is 1. The number of nitrogens with one attached hydrogen (secondary N) is 2. The molecule has 5 nitrogen and oxygen atoms in total. The monoisotopic (exact) mass is 314 g/mol. The van der Waals surface area contributed by atoms with Crippen molar-refractivity contribution in [1.29, 1.82) is 0 Å². The minimum Gasteiger partial charge on any atom is -0.497 e. The Morgan fingerprint density at radius 3 is 2.55 bits per heavy atom. The van der Waals surface area contributed by atoms with Gasteiger partial charge in [0.2, 0.25) is 0 Å². The van der Waals surface area contributed by atoms with Gasteiger partial charge in [-0.3, -0.25) is 5.43 Å². The highest BCUT2D eigenvalue weighted by atomic mass is 32.1. The number of rotatable bonds is 4. The van der Waals surface area contributed by atoms with E-state index in [9.17, 15) is 0 Å². The standard InChI is InChI=1S/C16H18N4OS/c1-11(12-4-3-5-13(17)10-12)19-20-16(22)18-14-6-8-15(21-2)9-7-14/h3-10H,17H2,1-2H3,(H2,18,20,22)/b19-11+. The van der Waals surface area contributed by atoms with Gasteiger partial charge in [-0.05, 0) is 61.1 Å². The number of methoxy groups -OCH3 is 1. The van der Waals surface area contributed by atoms with Gasteiger partial charge >= 0.3 is 0 Å². The lowest BCUT2D eigenvalue weighted by atomic mass is 10.1. The number of benzene rings is 2. The fourth-order valence-electron chi connectivity index (χ4n) is 1.80. The molecule has 0 heterocycles. The summed E-state index contributed by atoms with van der Waals surface area (Å²) in [4.78, 5) is 0. The first kappa shape index (κ1) is 15.8. The number of nitrogens with zero attached hydrogens (tertiary/aromatic N) is 1. The van der Waals surface area contributed by atoms with Crippen LogP contribution in [0.4, 0.5) is 11.4 Å². The van der Waals surface area contributed by atoms with Gasteiger partial charge in [0.1, 0.15) is 5.75 Å². The van der Waals surface area contributed by atoms with Gasteiger partial charge in [0.15, 0.2) is 5.11 Å². The van der Waals surface area contributed by atoms with Gasteiger partial charge in [-0.2, -0.15) is 5.10 Å². The van der Waals surface area contributed by atoms with Crippen LogP contribution in [0.1, 0.15) is 12.5 Å². The molecule has 0 unspecified atom stereocenters. The first-order valence-corrected chi connectivity index (χ1v) is 7.10. The highest BCUT2D eigenvalue weighted by molar-refractivity contribution is 7.80. The summed E-state index contributed by atoms with van der Waals surface area (Å²) in [6, 6.07) is 15.0. The van der Waals surface area contributed by atoms with Crippen LogP contribution in [0, 0.1) is 0 Å². The average molecular weight is 314 g/mol. The molecule has 4 N–H and O–H groups in total. The molecule has 2 aromatic carbocycles. The zero-order valence-electron chi connectivity index (χ0n) is 12.5. The molecule has 114 valence electrons. The van der Waals surface area contributed by atoms with Crippen LogP contribution < -0.4 is 21.2 Å². The van der Waals surface area contributed by atoms with Crippen molar-refractivity contribution in [1.82, 2.24) is 5.43 Å². The molecule has 22 heavy (non-hydrogen) atoms. The molecule has 0 amide bonds. The molecule has 0 aliphatic heterocycles. The predicted molar refractivity (Wildman–Crippen MR) is 95.4 cm³/mol. The summed E-state index contributed by atoms with van der Waals surface area (Å²) in [6.07, 6.45) is 0. The van der Waals surface area contributed by atoms with Crippen LogP contribution in [0.15, 0.2) is 53.6 Å². The Morgan fingerprint density at radius 1 is 1.18 bits per heavy atom. The minimum absolute atomic E-state index is 0.411. The van der Waals surface area contributed by atoms with Crippen LogP contribution in [0.5, 0.6) is 5.75 Å². The van der Waals surface area contributed by atoms with Crippen molar-refractivity contribution in [2.75, 3.05) is 18.2 Å². The number of hydrazone groups is 1. The summed E-state index contributed by atoms with van der Waals surface area (Å²) in [7, 11) is 1.63. The Morgan fingerprint density at radius 2 is 1.91 bits per heavy atom. The Hall–Kier alpha value is -2.60. The van der Waals surface area contributed by atoms with Gasteiger partial charge < -0.3 is 15.8 Å². The van der Waals surface area contributed by atoms with Crippen LogP contribution in [-0.4, -0.2) is 17.9 Å². The van der Waals surface area contributed by atoms with E-state index >= 15 is 0 Å². The smallest absolute Gasteiger partial charge is 0.191 e. The molecule has 2 rings (SSSR count). The fraction of sp³-hybridized carbons (Fsp3) is 0.125. The van der Waals surface area contributed by atoms with E-state index in [0.717, 1.165) is 22.7 Å². The average Bonchev–Trinajstić information content (AvgIpc) is 2.53. The maximum Gasteiger partial charge on any atom is 0.191 e. The first-order chi connectivity index (χ1) is 10.6. The number of hydrogen-bond acceptors (Lipinski definition) is 4. The lowest BCUT2D eigenvalue weighted by molar-refractivity contribution is 0.415. The topological polar surface area (TPSA) is 71.7 Å². The second-order valence-corrected chi connectivity index (χ2v) is 5.03. The van der Waals surface area contributed by atoms with Crippen LogP contribution in [0.3, 0.4) is 0 Å². The molecular formula is C16H18N4OS. The summed E-state index contributed by atoms with van der Waals surface area (Å²) in [5.41, 5.74) is 11.9. The predicted octanol–water partition coefficient (Wildman–Crippen LogP) is 2.99. The molecule has 0 saturated heterocycles. The first-order valence-electron chi connectivity index (χ1n) is 6.70. The largest absolute Gasteiger partial charge is 0.497 e. The summed E-state index contributed by atoms with van der Waals surface area (Å²) >= 11 is 5.21. The van der Waals surface area contributed by atoms with E-state index in [1.165, 1.54) is 0 Å². The van der Waals surface area contributed by atoms with Crippen molar-refractivity contribution < 1.29 is 4.74 Å². The summed E-state index contributed by atoms with van der Waals surface area (Å²) in [6.45, 7) is 1.89. The van der Waals surface area contributed by atoms with E-state index in [-0.39, 0.29) is 0 Å². The van der Waals surface area contributed by atoms with Gasteiger partial charge in [0.05, 0.1) is 12.8 Å². The van der Waals surface area contributed by atoms with Crippen molar-refractivity contribution in [3.63, 3.8) is 0 Å². The lowest BCUT2D eigenvalue weighted by Crippen LogP contribution is -2.24. The second-order valence-electron chi connectivity index (χ2n) is 4.62. The van der Waals surface area contributed by atoms with Crippen LogP contribution in [0.2, 0.25) is 0 Å². The molecule has 0 aliphatic rings. The molecule has 0 atom stereocenters. The van der Waals surface area contributed by atoms with E-state index in [1.807, 2.05) is 55.5 Å². The molecule has 0 aromatic heterocycles. The van der Waals surface area contributed by atoms with E-state index in [4.69, 9.17) is 22.7 Å². The maximum atomic E-state index is 5.75. The van der Waals surface area contributed by atoms with Gasteiger partial charge in [-0.1, -0.05) is 12.1 Å². The molecule has 0 saturated carbocycles. The highest BCUT2D eigenvalue weighted by Gasteiger charge is 2.00. The third kappa shape index (κ3) is 4.46. The summed E-state index contributed by atoms with van der Waals surface area (Å²) in [5.74, 6) is 0.792. The van der Waals surface area contributed by atoms with Gasteiger partial charge in [-0.15, -0.1) is 0 Å². The van der Waals surface area contributed by atoms with Crippen molar-refractivity contribution >= 4 is 34.4 Å². The number of hydrogen-bond donors (Lipinski definition) is 3. The number of nitrogens with two attached hydrogens (primary N) is 1. The Labute approximate surface area is 135 Å². The molecule has 2 aromatic rings. The summed E-state index contributed by atoms with van der Waals surface area (Å²) < 4.78 is 5.10. The number of anilines is 2. The molecule has 0 radical (unpaired) electrons. The molecule has 0 spiro atoms. The van der Waals surface area contributed by atoms with Crippen molar-refractivity contribution in [3.05, 3.63) is 54.1 Å². The second kappa shape index (κ2) is 7.42. The van der Waals surface area contributed by atoms with Crippen LogP contribution in [0.25, 0.3) is 0 Å². The zero-order valence-corrected chi connectivity index (χ0v) is 13.3. The third-order valence-electron chi connectivity index (χ3n) is 2.98. The van der Waals surface area contributed by atoms with E-state index in [0.29, 0.717) is 10.8 Å². The van der Waals surface area contributed by atoms with E-state index in [2.05, 4.69) is 15.8 Å². The number of nitrogen functional groups attached to an aromatic ring is 1. The van der Waals surface area contributed by atoms with Crippen molar-refractivity contribution in [3.8, 4) is 5.75 Å². The van der Waals surface area contributed by atoms with Crippen molar-refractivity contribution in [2.45, 2.75) is 6.92 Å². The normalized spacial score (nSPS) is 10.9. The highest BCUT2D eigenvalue weighted by Crippen LogP contribution is 2.14. The SMILES string of the molecule is COc1ccc(NC(=S)N/N=C(\C)c2cccc(N)c2)cc1. The molecule has 6 heteroatoms. The van der Waals surface area contributed by atoms with Crippen molar-refractivity contribution in [2.24, 2.45) is 5.10 Å². The molecule has 0 aliphatic carbocycles. The quantitative estimate of drug-likeness (QED) is 0.350. The zero-order chi connectivity index (χ0) is 15.9. The summed E-state index contributed by atoms with van der Waals surface area (Å²) in [5, 5.41) is 7.70. The van der Waals surface area contributed by atoms with E-state index in [1.54, 1.807) is 7.11 Å². The molecule has 0 fully saturated rings. The maximum absolute atomic E-state index is 5.75. The Bertz CT molecular complexity index is 683. The molecule has 0 bridgehead atoms. The van der Waals surface area contributed by atoms with E-state index < -0.39 is 0 Å². The van der Waals surface area contributed by atoms with Crippen LogP contribution in [-0.2, 0) is 0 Å². The van der Waals surface area contributed by atoms with Crippen LogP contribution >= 0.6 is 12.2 Å². The Balaban J connectivity index is 1.95. The van der Waals surface area contributed by atoms with Gasteiger partial charge in [0.25, 0.3) is 0 Å². The Kier molecular flexibility index (Phi) is 5.32. The molecular weight excluding hydrogens is 296 g/mol. The third-order valence-corrected chi connectivity index (χ3v) is 3.17.